The summed E-state index contributed by atoms with van der Waals surface area (Å²) in [6.45, 7) is 5.97. The standard InChI is InChI=1S/C20H30N2O3/c23-20-15-21(14-19(20)22-8-10-24-11-9-22)13-16-4-3-7-18(12-16)25-17-5-1-2-6-17/h3-4,7,12,17,19-20,23H,1-2,5-6,8-11,13-15H2/t19-,20-/m1/s1. The number of likely N-dealkylation sites (tertiary alicyclic amines) is 1. The molecule has 0 unspecified atom stereocenters. The van der Waals surface area contributed by atoms with E-state index >= 15 is 0 Å². The van der Waals surface area contributed by atoms with Gasteiger partial charge in [0.05, 0.1) is 25.4 Å². The second-order valence-corrected chi connectivity index (χ2v) is 7.65. The molecule has 1 saturated carbocycles. The lowest BCUT2D eigenvalue weighted by molar-refractivity contribution is -0.00618. The number of hydrogen-bond donors (Lipinski definition) is 1. The normalized spacial score (nSPS) is 29.3. The van der Waals surface area contributed by atoms with Crippen LogP contribution in [0.1, 0.15) is 31.2 Å². The van der Waals surface area contributed by atoms with Crippen LogP contribution in [0.15, 0.2) is 24.3 Å². The molecule has 25 heavy (non-hydrogen) atoms. The number of hydrogen-bond acceptors (Lipinski definition) is 5. The van der Waals surface area contributed by atoms with Gasteiger partial charge in [0.15, 0.2) is 0 Å². The maximum atomic E-state index is 10.5. The fraction of sp³-hybridized carbons (Fsp3) is 0.700. The Morgan fingerprint density at radius 1 is 1.12 bits per heavy atom. The highest BCUT2D eigenvalue weighted by Gasteiger charge is 2.35. The van der Waals surface area contributed by atoms with Gasteiger partial charge in [0.1, 0.15) is 5.75 Å². The van der Waals surface area contributed by atoms with Crippen molar-refractivity contribution in [1.29, 1.82) is 0 Å². The first-order chi connectivity index (χ1) is 12.3. The van der Waals surface area contributed by atoms with E-state index in [2.05, 4.69) is 34.1 Å². The molecule has 3 aliphatic rings. The highest BCUT2D eigenvalue weighted by atomic mass is 16.5. The highest BCUT2D eigenvalue weighted by Crippen LogP contribution is 2.26. The molecule has 1 aromatic carbocycles. The third-order valence-electron chi connectivity index (χ3n) is 5.76. The minimum Gasteiger partial charge on any atom is -0.490 e. The summed E-state index contributed by atoms with van der Waals surface area (Å²) in [5.41, 5.74) is 1.27. The Balaban J connectivity index is 1.34. The zero-order chi connectivity index (χ0) is 17.1. The van der Waals surface area contributed by atoms with Gasteiger partial charge in [-0.3, -0.25) is 9.80 Å². The molecule has 0 radical (unpaired) electrons. The van der Waals surface area contributed by atoms with Crippen molar-refractivity contribution in [2.45, 2.75) is 50.5 Å². The molecule has 5 nitrogen and oxygen atoms in total. The van der Waals surface area contributed by atoms with E-state index in [0.717, 1.165) is 51.7 Å². The second kappa shape index (κ2) is 8.04. The fourth-order valence-electron chi connectivity index (χ4n) is 4.42. The third-order valence-corrected chi connectivity index (χ3v) is 5.76. The van der Waals surface area contributed by atoms with Crippen LogP contribution >= 0.6 is 0 Å². The molecule has 1 N–H and O–H groups in total. The topological polar surface area (TPSA) is 45.2 Å². The molecule has 5 heteroatoms. The fourth-order valence-corrected chi connectivity index (χ4v) is 4.42. The van der Waals surface area contributed by atoms with Crippen LogP contribution in [0.4, 0.5) is 0 Å². The molecular weight excluding hydrogens is 316 g/mol. The van der Waals surface area contributed by atoms with E-state index in [-0.39, 0.29) is 12.1 Å². The predicted octanol–water partition coefficient (Wildman–Crippen LogP) is 1.89. The van der Waals surface area contributed by atoms with Crippen molar-refractivity contribution in [3.63, 3.8) is 0 Å². The maximum absolute atomic E-state index is 10.5. The number of β-amino-alcohol motifs (C(OH)–C–C–N with tert-alkyl or cyclic N) is 1. The van der Waals surface area contributed by atoms with Crippen molar-refractivity contribution in [2.75, 3.05) is 39.4 Å². The van der Waals surface area contributed by atoms with Crippen LogP contribution < -0.4 is 4.74 Å². The molecule has 2 heterocycles. The zero-order valence-corrected chi connectivity index (χ0v) is 15.0. The van der Waals surface area contributed by atoms with Crippen LogP contribution in [0.3, 0.4) is 0 Å². The van der Waals surface area contributed by atoms with E-state index in [0.29, 0.717) is 6.10 Å². The maximum Gasteiger partial charge on any atom is 0.120 e. The number of morpholine rings is 1. The van der Waals surface area contributed by atoms with E-state index in [1.165, 1.54) is 31.2 Å². The van der Waals surface area contributed by atoms with Gasteiger partial charge >= 0.3 is 0 Å². The Morgan fingerprint density at radius 3 is 2.72 bits per heavy atom. The summed E-state index contributed by atoms with van der Waals surface area (Å²) in [6.07, 6.45) is 5.08. The molecule has 0 bridgehead atoms. The Labute approximate surface area is 150 Å². The molecule has 1 aliphatic carbocycles. The molecule has 0 amide bonds. The van der Waals surface area contributed by atoms with Crippen LogP contribution in [0.2, 0.25) is 0 Å². The summed E-state index contributed by atoms with van der Waals surface area (Å²) in [5, 5.41) is 10.5. The summed E-state index contributed by atoms with van der Waals surface area (Å²) in [6, 6.07) is 8.73. The van der Waals surface area contributed by atoms with E-state index in [1.54, 1.807) is 0 Å². The number of ether oxygens (including phenoxy) is 2. The van der Waals surface area contributed by atoms with Gasteiger partial charge in [-0.15, -0.1) is 0 Å². The van der Waals surface area contributed by atoms with Crippen molar-refractivity contribution in [2.24, 2.45) is 0 Å². The Morgan fingerprint density at radius 2 is 1.92 bits per heavy atom. The van der Waals surface area contributed by atoms with Crippen LogP contribution in [-0.2, 0) is 11.3 Å². The van der Waals surface area contributed by atoms with Crippen LogP contribution in [0.5, 0.6) is 5.75 Å². The van der Waals surface area contributed by atoms with Gasteiger partial charge in [0.25, 0.3) is 0 Å². The summed E-state index contributed by atoms with van der Waals surface area (Å²) in [4.78, 5) is 4.74. The largest absolute Gasteiger partial charge is 0.490 e. The van der Waals surface area contributed by atoms with Gasteiger partial charge in [0.2, 0.25) is 0 Å². The van der Waals surface area contributed by atoms with Crippen molar-refractivity contribution < 1.29 is 14.6 Å². The van der Waals surface area contributed by atoms with Gasteiger partial charge in [-0.25, -0.2) is 0 Å². The SMILES string of the molecule is O[C@@H]1CN(Cc2cccc(OC3CCCC3)c2)C[C@H]1N1CCOCC1. The molecule has 3 fully saturated rings. The lowest BCUT2D eigenvalue weighted by Crippen LogP contribution is -2.48. The number of nitrogens with zero attached hydrogens (tertiary/aromatic N) is 2. The van der Waals surface area contributed by atoms with Gasteiger partial charge in [-0.1, -0.05) is 12.1 Å². The van der Waals surface area contributed by atoms with E-state index in [9.17, 15) is 5.11 Å². The smallest absolute Gasteiger partial charge is 0.120 e. The average Bonchev–Trinajstić information content (AvgIpc) is 3.26. The summed E-state index contributed by atoms with van der Waals surface area (Å²) < 4.78 is 11.6. The summed E-state index contributed by atoms with van der Waals surface area (Å²) in [7, 11) is 0. The van der Waals surface area contributed by atoms with Crippen LogP contribution in [-0.4, -0.2) is 72.5 Å². The molecule has 2 aliphatic heterocycles. The molecule has 1 aromatic rings. The van der Waals surface area contributed by atoms with Gasteiger partial charge < -0.3 is 14.6 Å². The summed E-state index contributed by atoms with van der Waals surface area (Å²) >= 11 is 0. The number of benzene rings is 1. The quantitative estimate of drug-likeness (QED) is 0.882. The molecule has 138 valence electrons. The zero-order valence-electron chi connectivity index (χ0n) is 15.0. The van der Waals surface area contributed by atoms with Crippen LogP contribution in [0.25, 0.3) is 0 Å². The Bertz CT molecular complexity index is 556. The molecular formula is C20H30N2O3. The van der Waals surface area contributed by atoms with Gasteiger partial charge in [-0.05, 0) is 43.4 Å². The van der Waals surface area contributed by atoms with Gasteiger partial charge in [-0.2, -0.15) is 0 Å². The summed E-state index contributed by atoms with van der Waals surface area (Å²) in [5.74, 6) is 0.994. The van der Waals surface area contributed by atoms with Crippen molar-refractivity contribution >= 4 is 0 Å². The Hall–Kier alpha value is -1.14. The first-order valence-corrected chi connectivity index (χ1v) is 9.76. The molecule has 2 saturated heterocycles. The van der Waals surface area contributed by atoms with E-state index in [1.807, 2.05) is 0 Å². The van der Waals surface area contributed by atoms with E-state index < -0.39 is 0 Å². The monoisotopic (exact) mass is 346 g/mol. The third kappa shape index (κ3) is 4.34. The first-order valence-electron chi connectivity index (χ1n) is 9.76. The van der Waals surface area contributed by atoms with Crippen molar-refractivity contribution in [3.05, 3.63) is 29.8 Å². The van der Waals surface area contributed by atoms with Gasteiger partial charge in [0, 0.05) is 38.8 Å². The minimum absolute atomic E-state index is 0.238. The van der Waals surface area contributed by atoms with Crippen molar-refractivity contribution in [3.8, 4) is 5.75 Å². The molecule has 0 spiro atoms. The first kappa shape index (κ1) is 17.3. The second-order valence-electron chi connectivity index (χ2n) is 7.65. The number of rotatable bonds is 5. The lowest BCUT2D eigenvalue weighted by Gasteiger charge is -2.33. The van der Waals surface area contributed by atoms with E-state index in [4.69, 9.17) is 9.47 Å². The Kier molecular flexibility index (Phi) is 5.56. The predicted molar refractivity (Wildman–Crippen MR) is 96.8 cm³/mol. The number of aliphatic hydroxyl groups is 1. The highest BCUT2D eigenvalue weighted by molar-refractivity contribution is 5.29. The molecule has 4 rings (SSSR count). The van der Waals surface area contributed by atoms with Crippen molar-refractivity contribution in [1.82, 2.24) is 9.80 Å². The minimum atomic E-state index is -0.268. The number of aliphatic hydroxyl groups excluding tert-OH is 1. The average molecular weight is 346 g/mol. The molecule has 0 aromatic heterocycles. The molecule has 2 atom stereocenters. The van der Waals surface area contributed by atoms with Crippen LogP contribution in [0, 0.1) is 0 Å². The lowest BCUT2D eigenvalue weighted by atomic mass is 10.1.